The fraction of sp³-hybridized carbons (Fsp3) is 0.435. The number of nitrogens with one attached hydrogen (secondary N) is 1. The summed E-state index contributed by atoms with van der Waals surface area (Å²) in [5.41, 5.74) is 3.71. The highest BCUT2D eigenvalue weighted by molar-refractivity contribution is 5.79. The standard InChI is InChI=1S/C23H32N4O2/c1-4-29-22-11-7-20(8-12-22)18-26(3)23(24-2)25-17-19-5-9-21(10-6-19)27-13-15-28-16-14-27/h5-12H,4,13-18H2,1-3H3,(H,24,25). The lowest BCUT2D eigenvalue weighted by atomic mass is 10.2. The molecule has 0 amide bonds. The SMILES string of the molecule is CCOc1ccc(CN(C)C(=NC)NCc2ccc(N3CCOCC3)cc2)cc1. The van der Waals surface area contributed by atoms with Crippen LogP contribution in [0.1, 0.15) is 18.1 Å². The molecule has 0 radical (unpaired) electrons. The second kappa shape index (κ2) is 10.7. The Bertz CT molecular complexity index is 768. The van der Waals surface area contributed by atoms with Crippen molar-refractivity contribution in [2.24, 2.45) is 4.99 Å². The van der Waals surface area contributed by atoms with Crippen molar-refractivity contribution in [3.05, 3.63) is 59.7 Å². The average molecular weight is 397 g/mol. The van der Waals surface area contributed by atoms with E-state index in [2.05, 4.69) is 56.5 Å². The minimum atomic E-state index is 0.684. The van der Waals surface area contributed by atoms with E-state index in [1.54, 1.807) is 0 Å². The predicted octanol–water partition coefficient (Wildman–Crippen LogP) is 3.13. The van der Waals surface area contributed by atoms with Crippen molar-refractivity contribution in [3.63, 3.8) is 0 Å². The molecule has 6 heteroatoms. The van der Waals surface area contributed by atoms with Gasteiger partial charge in [0.25, 0.3) is 0 Å². The molecule has 0 aromatic heterocycles. The maximum absolute atomic E-state index is 5.51. The van der Waals surface area contributed by atoms with Gasteiger partial charge in [-0.15, -0.1) is 0 Å². The minimum absolute atomic E-state index is 0.684. The zero-order chi connectivity index (χ0) is 20.5. The van der Waals surface area contributed by atoms with Crippen LogP contribution in [0.4, 0.5) is 5.69 Å². The number of aliphatic imine (C=N–C) groups is 1. The van der Waals surface area contributed by atoms with Gasteiger partial charge in [0.2, 0.25) is 0 Å². The second-order valence-corrected chi connectivity index (χ2v) is 7.10. The van der Waals surface area contributed by atoms with Crippen molar-refractivity contribution >= 4 is 11.6 Å². The van der Waals surface area contributed by atoms with Gasteiger partial charge in [0.1, 0.15) is 5.75 Å². The fourth-order valence-electron chi connectivity index (χ4n) is 3.42. The molecule has 1 saturated heterocycles. The van der Waals surface area contributed by atoms with E-state index in [1.165, 1.54) is 16.8 Å². The lowest BCUT2D eigenvalue weighted by Gasteiger charge is -2.29. The van der Waals surface area contributed by atoms with Crippen molar-refractivity contribution in [2.45, 2.75) is 20.0 Å². The van der Waals surface area contributed by atoms with Crippen molar-refractivity contribution in [1.82, 2.24) is 10.2 Å². The molecule has 3 rings (SSSR count). The molecule has 156 valence electrons. The van der Waals surface area contributed by atoms with Crippen LogP contribution in [-0.4, -0.2) is 57.9 Å². The molecule has 2 aromatic carbocycles. The Labute approximate surface area is 174 Å². The third-order valence-corrected chi connectivity index (χ3v) is 4.99. The highest BCUT2D eigenvalue weighted by Gasteiger charge is 2.11. The Hall–Kier alpha value is -2.73. The van der Waals surface area contributed by atoms with Crippen LogP contribution < -0.4 is 15.0 Å². The molecular weight excluding hydrogens is 364 g/mol. The van der Waals surface area contributed by atoms with E-state index in [0.717, 1.165) is 51.1 Å². The van der Waals surface area contributed by atoms with Gasteiger partial charge in [-0.25, -0.2) is 0 Å². The first-order valence-corrected chi connectivity index (χ1v) is 10.2. The molecule has 6 nitrogen and oxygen atoms in total. The topological polar surface area (TPSA) is 49.3 Å². The molecule has 1 aliphatic rings. The summed E-state index contributed by atoms with van der Waals surface area (Å²) in [6, 6.07) is 17.0. The van der Waals surface area contributed by atoms with Gasteiger partial charge < -0.3 is 24.6 Å². The fourth-order valence-corrected chi connectivity index (χ4v) is 3.42. The predicted molar refractivity (Wildman–Crippen MR) is 119 cm³/mol. The summed E-state index contributed by atoms with van der Waals surface area (Å²) in [5.74, 6) is 1.78. The molecule has 1 fully saturated rings. The summed E-state index contributed by atoms with van der Waals surface area (Å²) >= 11 is 0. The number of rotatable bonds is 7. The number of benzene rings is 2. The van der Waals surface area contributed by atoms with Crippen molar-refractivity contribution in [2.75, 3.05) is 51.9 Å². The molecule has 0 aliphatic carbocycles. The zero-order valence-electron chi connectivity index (χ0n) is 17.7. The maximum Gasteiger partial charge on any atom is 0.193 e. The Morgan fingerprint density at radius 1 is 1.07 bits per heavy atom. The number of nitrogens with zero attached hydrogens (tertiary/aromatic N) is 3. The summed E-state index contributed by atoms with van der Waals surface area (Å²) in [6.45, 7) is 7.73. The van der Waals surface area contributed by atoms with Gasteiger partial charge in [0, 0.05) is 46.0 Å². The molecule has 1 N–H and O–H groups in total. The van der Waals surface area contributed by atoms with Crippen LogP contribution in [0.5, 0.6) is 5.75 Å². The van der Waals surface area contributed by atoms with Gasteiger partial charge in [-0.2, -0.15) is 0 Å². The van der Waals surface area contributed by atoms with Crippen LogP contribution in [0, 0.1) is 0 Å². The van der Waals surface area contributed by atoms with Crippen LogP contribution in [0.2, 0.25) is 0 Å². The first-order valence-electron chi connectivity index (χ1n) is 10.2. The quantitative estimate of drug-likeness (QED) is 0.576. The van der Waals surface area contributed by atoms with Crippen LogP contribution in [0.25, 0.3) is 0 Å². The summed E-state index contributed by atoms with van der Waals surface area (Å²) in [5, 5.41) is 3.45. The number of guanidine groups is 1. The highest BCUT2D eigenvalue weighted by atomic mass is 16.5. The normalized spacial score (nSPS) is 14.6. The van der Waals surface area contributed by atoms with Crippen LogP contribution >= 0.6 is 0 Å². The molecule has 0 atom stereocenters. The third kappa shape index (κ3) is 6.12. The molecule has 2 aromatic rings. The number of ether oxygens (including phenoxy) is 2. The number of anilines is 1. The number of hydrogen-bond donors (Lipinski definition) is 1. The van der Waals surface area contributed by atoms with Crippen LogP contribution in [-0.2, 0) is 17.8 Å². The molecule has 0 unspecified atom stereocenters. The molecule has 1 aliphatic heterocycles. The zero-order valence-corrected chi connectivity index (χ0v) is 17.7. The van der Waals surface area contributed by atoms with E-state index in [0.29, 0.717) is 6.61 Å². The molecule has 0 saturated carbocycles. The first-order chi connectivity index (χ1) is 14.2. The smallest absolute Gasteiger partial charge is 0.193 e. The third-order valence-electron chi connectivity index (χ3n) is 4.99. The summed E-state index contributed by atoms with van der Waals surface area (Å²) in [6.07, 6.45) is 0. The summed E-state index contributed by atoms with van der Waals surface area (Å²) in [7, 11) is 3.87. The van der Waals surface area contributed by atoms with E-state index < -0.39 is 0 Å². The Balaban J connectivity index is 1.51. The minimum Gasteiger partial charge on any atom is -0.494 e. The van der Waals surface area contributed by atoms with Gasteiger partial charge >= 0.3 is 0 Å². The largest absolute Gasteiger partial charge is 0.494 e. The lowest BCUT2D eigenvalue weighted by molar-refractivity contribution is 0.122. The van der Waals surface area contributed by atoms with Gasteiger partial charge in [0.05, 0.1) is 19.8 Å². The Morgan fingerprint density at radius 3 is 2.34 bits per heavy atom. The molecule has 1 heterocycles. The molecule has 29 heavy (non-hydrogen) atoms. The Morgan fingerprint density at radius 2 is 1.72 bits per heavy atom. The van der Waals surface area contributed by atoms with Crippen LogP contribution in [0.3, 0.4) is 0 Å². The number of hydrogen-bond acceptors (Lipinski definition) is 4. The van der Waals surface area contributed by atoms with Gasteiger partial charge in [-0.1, -0.05) is 24.3 Å². The van der Waals surface area contributed by atoms with Crippen molar-refractivity contribution < 1.29 is 9.47 Å². The molecule has 0 bridgehead atoms. The molecule has 0 spiro atoms. The van der Waals surface area contributed by atoms with Crippen LogP contribution in [0.15, 0.2) is 53.5 Å². The average Bonchev–Trinajstić information content (AvgIpc) is 2.77. The summed E-state index contributed by atoms with van der Waals surface area (Å²) < 4.78 is 10.9. The van der Waals surface area contributed by atoms with Gasteiger partial charge in [-0.05, 0) is 42.3 Å². The Kier molecular flexibility index (Phi) is 7.76. The maximum atomic E-state index is 5.51. The molecular formula is C23H32N4O2. The van der Waals surface area contributed by atoms with E-state index in [4.69, 9.17) is 9.47 Å². The van der Waals surface area contributed by atoms with Gasteiger partial charge in [0.15, 0.2) is 5.96 Å². The van der Waals surface area contributed by atoms with E-state index >= 15 is 0 Å². The van der Waals surface area contributed by atoms with E-state index in [1.807, 2.05) is 33.2 Å². The van der Waals surface area contributed by atoms with E-state index in [9.17, 15) is 0 Å². The first kappa shape index (κ1) is 21.0. The van der Waals surface area contributed by atoms with E-state index in [-0.39, 0.29) is 0 Å². The lowest BCUT2D eigenvalue weighted by Crippen LogP contribution is -2.38. The summed E-state index contributed by atoms with van der Waals surface area (Å²) in [4.78, 5) is 8.91. The van der Waals surface area contributed by atoms with Gasteiger partial charge in [-0.3, -0.25) is 4.99 Å². The van der Waals surface area contributed by atoms with Crippen molar-refractivity contribution in [1.29, 1.82) is 0 Å². The highest BCUT2D eigenvalue weighted by Crippen LogP contribution is 2.17. The monoisotopic (exact) mass is 396 g/mol. The number of morpholine rings is 1. The second-order valence-electron chi connectivity index (χ2n) is 7.10. The van der Waals surface area contributed by atoms with Crippen molar-refractivity contribution in [3.8, 4) is 5.75 Å².